The van der Waals surface area contributed by atoms with E-state index in [0.29, 0.717) is 36.5 Å². The first-order chi connectivity index (χ1) is 15.3. The quantitative estimate of drug-likeness (QED) is 0.353. The lowest BCUT2D eigenvalue weighted by molar-refractivity contribution is -0.140. The van der Waals surface area contributed by atoms with Crippen molar-refractivity contribution >= 4 is 50.9 Å². The molecule has 0 aliphatic carbocycles. The zero-order chi connectivity index (χ0) is 23.0. The van der Waals surface area contributed by atoms with Crippen LogP contribution in [0.1, 0.15) is 25.7 Å². The number of hydrogen-bond donors (Lipinski definition) is 3. The van der Waals surface area contributed by atoms with E-state index < -0.39 is 29.6 Å². The molecular formula is C22H27BrClN3O5. The van der Waals surface area contributed by atoms with Crippen LogP contribution in [0.25, 0.3) is 0 Å². The molecule has 0 saturated carbocycles. The molecule has 1 aromatic carbocycles. The molecule has 3 unspecified atom stereocenters. The normalized spacial score (nSPS) is 32.8. The summed E-state index contributed by atoms with van der Waals surface area (Å²) in [5, 5.41) is 15.2. The van der Waals surface area contributed by atoms with Crippen LogP contribution >= 0.6 is 27.5 Å². The molecule has 10 heteroatoms. The summed E-state index contributed by atoms with van der Waals surface area (Å²) in [6, 6.07) is 5.90. The first kappa shape index (κ1) is 23.5. The number of nitrogens with zero attached hydrogens (tertiary/aromatic N) is 1. The number of benzene rings is 1. The second-order valence-corrected chi connectivity index (χ2v) is 10.2. The van der Waals surface area contributed by atoms with Crippen LogP contribution in [0.5, 0.6) is 0 Å². The van der Waals surface area contributed by atoms with Crippen LogP contribution < -0.4 is 10.6 Å². The lowest BCUT2D eigenvalue weighted by Gasteiger charge is -2.34. The van der Waals surface area contributed by atoms with Gasteiger partial charge in [0.25, 0.3) is 0 Å². The van der Waals surface area contributed by atoms with Crippen molar-refractivity contribution in [2.75, 3.05) is 25.5 Å². The first-order valence-corrected chi connectivity index (χ1v) is 12.1. The number of rotatable bonds is 8. The topological polar surface area (TPSA) is 108 Å². The Morgan fingerprint density at radius 3 is 2.62 bits per heavy atom. The largest absolute Gasteiger partial charge is 0.396 e. The van der Waals surface area contributed by atoms with Gasteiger partial charge in [0.05, 0.1) is 17.9 Å². The van der Waals surface area contributed by atoms with Crippen molar-refractivity contribution in [3.05, 3.63) is 29.3 Å². The van der Waals surface area contributed by atoms with Crippen LogP contribution in [0.2, 0.25) is 5.02 Å². The molecule has 3 N–H and O–H groups in total. The molecular weight excluding hydrogens is 502 g/mol. The van der Waals surface area contributed by atoms with Gasteiger partial charge in [-0.2, -0.15) is 0 Å². The molecule has 3 fully saturated rings. The molecule has 3 heterocycles. The fourth-order valence-electron chi connectivity index (χ4n) is 5.45. The molecule has 1 aromatic rings. The van der Waals surface area contributed by atoms with Crippen molar-refractivity contribution in [3.8, 4) is 0 Å². The minimum atomic E-state index is -1.07. The Kier molecular flexibility index (Phi) is 6.81. The van der Waals surface area contributed by atoms with Crippen LogP contribution in [-0.2, 0) is 19.1 Å². The zero-order valence-electron chi connectivity index (χ0n) is 17.7. The van der Waals surface area contributed by atoms with Crippen molar-refractivity contribution in [1.29, 1.82) is 0 Å². The average Bonchev–Trinajstić information content (AvgIpc) is 3.36. The highest BCUT2D eigenvalue weighted by Crippen LogP contribution is 2.60. The first-order valence-electron chi connectivity index (χ1n) is 10.9. The third-order valence-corrected chi connectivity index (χ3v) is 7.85. The highest BCUT2D eigenvalue weighted by molar-refractivity contribution is 9.09. The number of amides is 3. The molecule has 174 valence electrons. The van der Waals surface area contributed by atoms with E-state index in [4.69, 9.17) is 21.4 Å². The highest BCUT2D eigenvalue weighted by Gasteiger charge is 2.76. The molecule has 1 spiro atoms. The number of carbonyl (C=O) groups excluding carboxylic acids is 3. The Labute approximate surface area is 200 Å². The summed E-state index contributed by atoms with van der Waals surface area (Å²) in [4.78, 5) is 41.3. The van der Waals surface area contributed by atoms with Crippen molar-refractivity contribution < 1.29 is 24.2 Å². The number of likely N-dealkylation sites (tertiary alicyclic amines) is 1. The number of nitrogens with one attached hydrogen (secondary N) is 2. The fraction of sp³-hybridized carbons (Fsp3) is 0.591. The average molecular weight is 529 g/mol. The van der Waals surface area contributed by atoms with Gasteiger partial charge >= 0.3 is 0 Å². The van der Waals surface area contributed by atoms with Gasteiger partial charge in [0.2, 0.25) is 17.7 Å². The molecule has 3 saturated heterocycles. The van der Waals surface area contributed by atoms with Crippen LogP contribution in [0.15, 0.2) is 24.3 Å². The molecule has 0 radical (unpaired) electrons. The summed E-state index contributed by atoms with van der Waals surface area (Å²) in [5.74, 6) is -2.18. The molecule has 6 atom stereocenters. The number of aliphatic hydroxyl groups excluding tert-OH is 1. The second kappa shape index (κ2) is 9.29. The molecule has 3 amide bonds. The number of alkyl halides is 1. The van der Waals surface area contributed by atoms with Gasteiger partial charge in [0, 0.05) is 35.7 Å². The third kappa shape index (κ3) is 3.83. The maximum Gasteiger partial charge on any atom is 0.250 e. The van der Waals surface area contributed by atoms with E-state index in [9.17, 15) is 14.4 Å². The van der Waals surface area contributed by atoms with E-state index in [0.717, 1.165) is 6.42 Å². The van der Waals surface area contributed by atoms with Crippen LogP contribution in [0.4, 0.5) is 5.69 Å². The Balaban J connectivity index is 1.66. The molecule has 8 nitrogen and oxygen atoms in total. The summed E-state index contributed by atoms with van der Waals surface area (Å²) in [6.07, 6.45) is 2.00. The number of carbonyl (C=O) groups is 3. The third-order valence-electron chi connectivity index (χ3n) is 6.76. The predicted molar refractivity (Wildman–Crippen MR) is 123 cm³/mol. The van der Waals surface area contributed by atoms with Gasteiger partial charge in [0.15, 0.2) is 0 Å². The van der Waals surface area contributed by atoms with E-state index in [1.54, 1.807) is 36.2 Å². The van der Waals surface area contributed by atoms with Gasteiger partial charge in [-0.1, -0.05) is 27.5 Å². The molecule has 2 bridgehead atoms. The molecule has 32 heavy (non-hydrogen) atoms. The van der Waals surface area contributed by atoms with Crippen LogP contribution in [0, 0.1) is 11.8 Å². The number of fused-ring (bicyclic) bond motifs is 1. The van der Waals surface area contributed by atoms with Gasteiger partial charge in [-0.25, -0.2) is 0 Å². The van der Waals surface area contributed by atoms with Gasteiger partial charge < -0.3 is 25.4 Å². The smallest absolute Gasteiger partial charge is 0.250 e. The van der Waals surface area contributed by atoms with Gasteiger partial charge in [-0.05, 0) is 49.9 Å². The predicted octanol–water partition coefficient (Wildman–Crippen LogP) is 1.94. The van der Waals surface area contributed by atoms with Crippen molar-refractivity contribution in [2.45, 2.75) is 48.3 Å². The lowest BCUT2D eigenvalue weighted by Crippen LogP contribution is -2.54. The number of halogens is 2. The summed E-state index contributed by atoms with van der Waals surface area (Å²) < 4.78 is 6.36. The molecule has 3 aliphatic rings. The van der Waals surface area contributed by atoms with Crippen LogP contribution in [0.3, 0.4) is 0 Å². The highest BCUT2D eigenvalue weighted by atomic mass is 79.9. The number of anilines is 1. The SMILES string of the molecule is CNC(=O)[C@H]1[C@H]2C(=O)N(CCCCCO)C(C(=O)Nc3ccc(Cl)cc3)C23CC(Br)[C@@H]1O3. The number of hydrogen-bond acceptors (Lipinski definition) is 5. The fourth-order valence-corrected chi connectivity index (χ4v) is 6.52. The van der Waals surface area contributed by atoms with Gasteiger partial charge in [-0.3, -0.25) is 14.4 Å². The summed E-state index contributed by atoms with van der Waals surface area (Å²) in [6.45, 7) is 0.438. The molecule has 3 aliphatic heterocycles. The van der Waals surface area contributed by atoms with Gasteiger partial charge in [0.1, 0.15) is 11.6 Å². The van der Waals surface area contributed by atoms with Crippen molar-refractivity contribution in [2.24, 2.45) is 11.8 Å². The maximum atomic E-state index is 13.6. The number of aliphatic hydroxyl groups is 1. The summed E-state index contributed by atoms with van der Waals surface area (Å²) >= 11 is 9.57. The van der Waals surface area contributed by atoms with E-state index in [-0.39, 0.29) is 29.2 Å². The lowest BCUT2D eigenvalue weighted by atomic mass is 9.70. The van der Waals surface area contributed by atoms with E-state index >= 15 is 0 Å². The van der Waals surface area contributed by atoms with Crippen molar-refractivity contribution in [1.82, 2.24) is 10.2 Å². The van der Waals surface area contributed by atoms with Crippen LogP contribution in [-0.4, -0.2) is 70.5 Å². The Hall–Kier alpha value is -1.68. The number of unbranched alkanes of at least 4 members (excludes halogenated alkanes) is 2. The monoisotopic (exact) mass is 527 g/mol. The molecule has 0 aromatic heterocycles. The van der Waals surface area contributed by atoms with Crippen molar-refractivity contribution in [3.63, 3.8) is 0 Å². The van der Waals surface area contributed by atoms with Gasteiger partial charge in [-0.15, -0.1) is 0 Å². The zero-order valence-corrected chi connectivity index (χ0v) is 20.1. The van der Waals surface area contributed by atoms with E-state index in [2.05, 4.69) is 26.6 Å². The Bertz CT molecular complexity index is 900. The minimum Gasteiger partial charge on any atom is -0.396 e. The Morgan fingerprint density at radius 2 is 1.97 bits per heavy atom. The number of ether oxygens (including phenoxy) is 1. The minimum absolute atomic E-state index is 0.0792. The molecule has 4 rings (SSSR count). The maximum absolute atomic E-state index is 13.6. The second-order valence-electron chi connectivity index (χ2n) is 8.59. The van der Waals surface area contributed by atoms with E-state index in [1.165, 1.54) is 0 Å². The standard InChI is InChI=1S/C22H27BrClN3O5/c1-25-19(29)15-16-21(31)27(9-3-2-4-10-28)18(22(16)11-14(23)17(15)32-22)20(30)26-13-7-5-12(24)6-8-13/h5-8,14-18,28H,2-4,9-11H2,1H3,(H,25,29)(H,26,30)/t14?,15-,16-,17-,18?,22?/m0/s1. The summed E-state index contributed by atoms with van der Waals surface area (Å²) in [5.41, 5.74) is -0.502. The Morgan fingerprint density at radius 1 is 1.25 bits per heavy atom. The van der Waals surface area contributed by atoms with E-state index in [1.807, 2.05) is 0 Å². The summed E-state index contributed by atoms with van der Waals surface area (Å²) in [7, 11) is 1.54.